The lowest BCUT2D eigenvalue weighted by Crippen LogP contribution is -2.07. The van der Waals surface area contributed by atoms with Gasteiger partial charge in [0.1, 0.15) is 11.5 Å². The van der Waals surface area contributed by atoms with E-state index in [4.69, 9.17) is 4.42 Å². The second-order valence-electron chi connectivity index (χ2n) is 4.73. The van der Waals surface area contributed by atoms with Gasteiger partial charge in [-0.05, 0) is 19.1 Å². The summed E-state index contributed by atoms with van der Waals surface area (Å²) in [5, 5.41) is 9.11. The van der Waals surface area contributed by atoms with Gasteiger partial charge in [0.25, 0.3) is 5.89 Å². The maximum absolute atomic E-state index is 11.5. The molecular weight excluding hydrogens is 254 g/mol. The van der Waals surface area contributed by atoms with E-state index in [1.54, 1.807) is 6.92 Å². The highest BCUT2D eigenvalue weighted by Gasteiger charge is 2.16. The van der Waals surface area contributed by atoms with Crippen LogP contribution in [0.25, 0.3) is 22.5 Å². The lowest BCUT2D eigenvalue weighted by Gasteiger charge is -2.05. The van der Waals surface area contributed by atoms with Crippen LogP contribution in [-0.2, 0) is 17.8 Å². The molecule has 2 heterocycles. The molecule has 0 aliphatic carbocycles. The van der Waals surface area contributed by atoms with Crippen molar-refractivity contribution in [3.63, 3.8) is 0 Å². The van der Waals surface area contributed by atoms with E-state index in [9.17, 15) is 4.79 Å². The van der Waals surface area contributed by atoms with Gasteiger partial charge in [-0.1, -0.05) is 25.1 Å². The second-order valence-corrected chi connectivity index (χ2v) is 4.73. The second kappa shape index (κ2) is 4.92. The Labute approximate surface area is 116 Å². The van der Waals surface area contributed by atoms with Crippen LogP contribution in [0.2, 0.25) is 0 Å². The summed E-state index contributed by atoms with van der Waals surface area (Å²) in [6.07, 6.45) is 0.694. The van der Waals surface area contributed by atoms with Crippen LogP contribution in [0, 0.1) is 0 Å². The topological polar surface area (TPSA) is 60.9 Å². The van der Waals surface area contributed by atoms with Gasteiger partial charge in [0, 0.05) is 17.3 Å². The average Bonchev–Trinajstić information content (AvgIpc) is 3.03. The van der Waals surface area contributed by atoms with Crippen molar-refractivity contribution in [2.24, 2.45) is 0 Å². The van der Waals surface area contributed by atoms with Gasteiger partial charge in [-0.3, -0.25) is 4.79 Å². The third-order valence-electron chi connectivity index (χ3n) is 3.18. The SMILES string of the molecule is CCc1nnc(-c2cc3ccccc3n2CC(C)=O)o1. The summed E-state index contributed by atoms with van der Waals surface area (Å²) in [6, 6.07) is 9.89. The van der Waals surface area contributed by atoms with Gasteiger partial charge in [0.05, 0.1) is 6.54 Å². The molecule has 0 saturated heterocycles. The molecule has 0 unspecified atom stereocenters. The van der Waals surface area contributed by atoms with Gasteiger partial charge in [-0.2, -0.15) is 0 Å². The molecular formula is C15H15N3O2. The number of aromatic nitrogens is 3. The summed E-state index contributed by atoms with van der Waals surface area (Å²) in [7, 11) is 0. The average molecular weight is 269 g/mol. The van der Waals surface area contributed by atoms with Crippen molar-refractivity contribution in [2.45, 2.75) is 26.8 Å². The number of aryl methyl sites for hydroxylation is 1. The molecule has 0 aliphatic heterocycles. The van der Waals surface area contributed by atoms with E-state index in [1.165, 1.54) is 0 Å². The summed E-state index contributed by atoms with van der Waals surface area (Å²) in [6.45, 7) is 3.83. The van der Waals surface area contributed by atoms with E-state index in [1.807, 2.05) is 41.8 Å². The number of rotatable bonds is 4. The maximum Gasteiger partial charge on any atom is 0.264 e. The molecule has 102 valence electrons. The number of hydrogen-bond donors (Lipinski definition) is 0. The molecule has 20 heavy (non-hydrogen) atoms. The molecule has 0 aliphatic rings. The first kappa shape index (κ1) is 12.6. The van der Waals surface area contributed by atoms with Crippen molar-refractivity contribution in [3.8, 4) is 11.6 Å². The van der Waals surface area contributed by atoms with Gasteiger partial charge in [-0.25, -0.2) is 0 Å². The highest BCUT2D eigenvalue weighted by molar-refractivity contribution is 5.88. The third-order valence-corrected chi connectivity index (χ3v) is 3.18. The van der Waals surface area contributed by atoms with Crippen molar-refractivity contribution in [1.82, 2.24) is 14.8 Å². The number of fused-ring (bicyclic) bond motifs is 1. The molecule has 3 aromatic rings. The summed E-state index contributed by atoms with van der Waals surface area (Å²) in [5.74, 6) is 1.14. The van der Waals surface area contributed by atoms with E-state index < -0.39 is 0 Å². The van der Waals surface area contributed by atoms with Gasteiger partial charge in [0.2, 0.25) is 5.89 Å². The molecule has 0 saturated carbocycles. The van der Waals surface area contributed by atoms with Gasteiger partial charge in [0.15, 0.2) is 0 Å². The number of Topliss-reactive ketones (excluding diaryl/α,β-unsaturated/α-hetero) is 1. The first-order chi connectivity index (χ1) is 9.69. The summed E-state index contributed by atoms with van der Waals surface area (Å²) < 4.78 is 7.54. The molecule has 2 aromatic heterocycles. The smallest absolute Gasteiger partial charge is 0.264 e. The van der Waals surface area contributed by atoms with Crippen LogP contribution in [0.1, 0.15) is 19.7 Å². The predicted molar refractivity (Wildman–Crippen MR) is 75.3 cm³/mol. The quantitative estimate of drug-likeness (QED) is 0.730. The van der Waals surface area contributed by atoms with Crippen LogP contribution in [0.15, 0.2) is 34.7 Å². The Morgan fingerprint density at radius 1 is 1.30 bits per heavy atom. The van der Waals surface area contributed by atoms with Crippen LogP contribution in [0.3, 0.4) is 0 Å². The molecule has 0 bridgehead atoms. The molecule has 5 nitrogen and oxygen atoms in total. The highest BCUT2D eigenvalue weighted by atomic mass is 16.4. The Balaban J connectivity index is 2.20. The van der Waals surface area contributed by atoms with Crippen LogP contribution in [0.5, 0.6) is 0 Å². The van der Waals surface area contributed by atoms with Crippen molar-refractivity contribution in [2.75, 3.05) is 0 Å². The normalized spacial score (nSPS) is 11.1. The molecule has 0 amide bonds. The minimum absolute atomic E-state index is 0.0860. The van der Waals surface area contributed by atoms with Gasteiger partial charge >= 0.3 is 0 Å². The van der Waals surface area contributed by atoms with Crippen molar-refractivity contribution < 1.29 is 9.21 Å². The standard InChI is InChI=1S/C15H15N3O2/c1-3-14-16-17-15(20-14)13-8-11-6-4-5-7-12(11)18(13)9-10(2)19/h4-8H,3,9H2,1-2H3. The summed E-state index contributed by atoms with van der Waals surface area (Å²) >= 11 is 0. The van der Waals surface area contributed by atoms with E-state index in [0.29, 0.717) is 24.7 Å². The fourth-order valence-electron chi connectivity index (χ4n) is 2.28. The van der Waals surface area contributed by atoms with E-state index in [2.05, 4.69) is 10.2 Å². The first-order valence-corrected chi connectivity index (χ1v) is 6.59. The van der Waals surface area contributed by atoms with Crippen molar-refractivity contribution >= 4 is 16.7 Å². The number of hydrogen-bond acceptors (Lipinski definition) is 4. The molecule has 3 rings (SSSR count). The summed E-state index contributed by atoms with van der Waals surface area (Å²) in [5.41, 5.74) is 1.78. The largest absolute Gasteiger partial charge is 0.419 e. The fraction of sp³-hybridized carbons (Fsp3) is 0.267. The molecule has 5 heteroatoms. The lowest BCUT2D eigenvalue weighted by atomic mass is 10.2. The Morgan fingerprint density at radius 2 is 2.10 bits per heavy atom. The number of carbonyl (C=O) groups excluding carboxylic acids is 1. The van der Waals surface area contributed by atoms with Gasteiger partial charge in [-0.15, -0.1) is 10.2 Å². The van der Waals surface area contributed by atoms with Crippen LogP contribution >= 0.6 is 0 Å². The lowest BCUT2D eigenvalue weighted by molar-refractivity contribution is -0.117. The molecule has 0 radical (unpaired) electrons. The fourth-order valence-corrected chi connectivity index (χ4v) is 2.28. The zero-order valence-electron chi connectivity index (χ0n) is 11.5. The Bertz CT molecular complexity index is 770. The van der Waals surface area contributed by atoms with Crippen molar-refractivity contribution in [3.05, 3.63) is 36.2 Å². The first-order valence-electron chi connectivity index (χ1n) is 6.59. The summed E-state index contributed by atoms with van der Waals surface area (Å²) in [4.78, 5) is 11.5. The molecule has 0 fully saturated rings. The zero-order chi connectivity index (χ0) is 14.1. The monoisotopic (exact) mass is 269 g/mol. The molecule has 0 N–H and O–H groups in total. The molecule has 1 aromatic carbocycles. The number of ketones is 1. The van der Waals surface area contributed by atoms with Gasteiger partial charge < -0.3 is 8.98 Å². The number of para-hydroxylation sites is 1. The minimum atomic E-state index is 0.0860. The van der Waals surface area contributed by atoms with E-state index in [-0.39, 0.29) is 5.78 Å². The van der Waals surface area contributed by atoms with E-state index in [0.717, 1.165) is 16.6 Å². The Hall–Kier alpha value is -2.43. The van der Waals surface area contributed by atoms with Crippen LogP contribution in [0.4, 0.5) is 0 Å². The highest BCUT2D eigenvalue weighted by Crippen LogP contribution is 2.27. The van der Waals surface area contributed by atoms with Crippen LogP contribution < -0.4 is 0 Å². The number of nitrogens with zero attached hydrogens (tertiary/aromatic N) is 3. The minimum Gasteiger partial charge on any atom is -0.419 e. The third kappa shape index (κ3) is 2.11. The predicted octanol–water partition coefficient (Wildman–Crippen LogP) is 2.84. The van der Waals surface area contributed by atoms with Crippen LogP contribution in [-0.4, -0.2) is 20.5 Å². The Morgan fingerprint density at radius 3 is 2.80 bits per heavy atom. The molecule has 0 spiro atoms. The molecule has 0 atom stereocenters. The Kier molecular flexibility index (Phi) is 3.10. The zero-order valence-corrected chi connectivity index (χ0v) is 11.5. The maximum atomic E-state index is 11.5. The number of benzene rings is 1. The van der Waals surface area contributed by atoms with E-state index >= 15 is 0 Å². The van der Waals surface area contributed by atoms with Crippen molar-refractivity contribution in [1.29, 1.82) is 0 Å². The number of carbonyl (C=O) groups is 1.